The highest BCUT2D eigenvalue weighted by Crippen LogP contribution is 2.35. The van der Waals surface area contributed by atoms with Crippen LogP contribution in [0.2, 0.25) is 0 Å². The number of anilines is 1. The molecular formula is C25H25N5O2S3. The lowest BCUT2D eigenvalue weighted by atomic mass is 10.2. The van der Waals surface area contributed by atoms with Crippen molar-refractivity contribution in [3.05, 3.63) is 82.9 Å². The van der Waals surface area contributed by atoms with Crippen LogP contribution in [0.1, 0.15) is 17.4 Å². The fraction of sp³-hybridized carbons (Fsp3) is 0.200. The third kappa shape index (κ3) is 4.87. The Labute approximate surface area is 212 Å². The third-order valence-electron chi connectivity index (χ3n) is 5.61. The molecule has 0 fully saturated rings. The average Bonchev–Trinajstić information content (AvgIpc) is 3.61. The average molecular weight is 524 g/mol. The molecule has 0 unspecified atom stereocenters. The van der Waals surface area contributed by atoms with Crippen LogP contribution in [0.15, 0.2) is 76.7 Å². The molecule has 5 rings (SSSR count). The highest BCUT2D eigenvalue weighted by atomic mass is 32.2. The molecule has 0 saturated carbocycles. The SMILES string of the molecule is CCN(c1cccc2cc(-c3ncc(CN(C)Cc4cccnc4)s3)[nH]c12)S(=O)(=O)c1cccs1. The number of nitrogens with one attached hydrogen (secondary N) is 1. The standard InChI is InChI=1S/C25H25N5O2S3/c1-3-30(35(31,32)23-10-6-12-33-23)22-9-4-8-19-13-21(28-24(19)22)25-27-15-20(34-25)17-29(2)16-18-7-5-11-26-14-18/h4-15,28H,3,16-17H2,1-2H3. The lowest BCUT2D eigenvalue weighted by molar-refractivity contribution is 0.321. The smallest absolute Gasteiger partial charge is 0.273 e. The van der Waals surface area contributed by atoms with Crippen molar-refractivity contribution < 1.29 is 8.42 Å². The normalized spacial score (nSPS) is 12.0. The lowest BCUT2D eigenvalue weighted by Gasteiger charge is -2.22. The number of nitrogens with zero attached hydrogens (tertiary/aromatic N) is 4. The molecule has 0 aliphatic carbocycles. The minimum atomic E-state index is -3.63. The summed E-state index contributed by atoms with van der Waals surface area (Å²) in [6.07, 6.45) is 5.57. The van der Waals surface area contributed by atoms with Crippen molar-refractivity contribution in [2.45, 2.75) is 24.2 Å². The zero-order valence-electron chi connectivity index (χ0n) is 19.4. The molecule has 10 heteroatoms. The molecule has 4 aromatic heterocycles. The highest BCUT2D eigenvalue weighted by Gasteiger charge is 2.26. The maximum atomic E-state index is 13.3. The number of hydrogen-bond donors (Lipinski definition) is 1. The number of para-hydroxylation sites is 1. The molecule has 5 aromatic rings. The molecule has 35 heavy (non-hydrogen) atoms. The van der Waals surface area contributed by atoms with Gasteiger partial charge < -0.3 is 4.98 Å². The number of benzene rings is 1. The molecule has 1 N–H and O–H groups in total. The predicted molar refractivity (Wildman–Crippen MR) is 143 cm³/mol. The van der Waals surface area contributed by atoms with Gasteiger partial charge in [-0.1, -0.05) is 24.3 Å². The van der Waals surface area contributed by atoms with Crippen LogP contribution in [0.25, 0.3) is 21.6 Å². The predicted octanol–water partition coefficient (Wildman–Crippen LogP) is 5.60. The Morgan fingerprint density at radius 1 is 1.06 bits per heavy atom. The summed E-state index contributed by atoms with van der Waals surface area (Å²) in [4.78, 5) is 15.7. The number of aromatic amines is 1. The van der Waals surface area contributed by atoms with Gasteiger partial charge in [0, 0.05) is 48.5 Å². The Morgan fingerprint density at radius 2 is 1.94 bits per heavy atom. The number of pyridine rings is 1. The largest absolute Gasteiger partial charge is 0.351 e. The summed E-state index contributed by atoms with van der Waals surface area (Å²) in [5.41, 5.74) is 3.47. The number of aromatic nitrogens is 3. The quantitative estimate of drug-likeness (QED) is 0.272. The number of rotatable bonds is 9. The first-order valence-corrected chi connectivity index (χ1v) is 14.3. The third-order valence-corrected chi connectivity index (χ3v) is 9.89. The summed E-state index contributed by atoms with van der Waals surface area (Å²) in [6.45, 7) is 3.77. The number of thiazole rings is 1. The molecule has 0 radical (unpaired) electrons. The van der Waals surface area contributed by atoms with Crippen LogP contribution >= 0.6 is 22.7 Å². The molecule has 0 spiro atoms. The van der Waals surface area contributed by atoms with Crippen molar-refractivity contribution >= 4 is 49.3 Å². The molecule has 0 saturated heterocycles. The van der Waals surface area contributed by atoms with Gasteiger partial charge in [0.2, 0.25) is 0 Å². The fourth-order valence-corrected chi connectivity index (χ4v) is 7.64. The molecule has 0 bridgehead atoms. The molecule has 1 aromatic carbocycles. The van der Waals surface area contributed by atoms with Crippen LogP contribution in [0.4, 0.5) is 5.69 Å². The van der Waals surface area contributed by atoms with Gasteiger partial charge in [-0.25, -0.2) is 13.4 Å². The second-order valence-corrected chi connectivity index (χ2v) is 12.3. The van der Waals surface area contributed by atoms with Gasteiger partial charge in [-0.3, -0.25) is 14.2 Å². The van der Waals surface area contributed by atoms with Gasteiger partial charge >= 0.3 is 0 Å². The van der Waals surface area contributed by atoms with Crippen LogP contribution in [-0.4, -0.2) is 41.9 Å². The fourth-order valence-electron chi connectivity index (χ4n) is 4.08. The summed E-state index contributed by atoms with van der Waals surface area (Å²) >= 11 is 2.86. The van der Waals surface area contributed by atoms with Gasteiger partial charge in [-0.05, 0) is 49.2 Å². The van der Waals surface area contributed by atoms with Crippen molar-refractivity contribution in [3.63, 3.8) is 0 Å². The molecule has 0 amide bonds. The number of sulfonamides is 1. The molecular weight excluding hydrogens is 499 g/mol. The van der Waals surface area contributed by atoms with Crippen molar-refractivity contribution in [1.82, 2.24) is 19.9 Å². The van der Waals surface area contributed by atoms with E-state index in [2.05, 4.69) is 33.0 Å². The minimum absolute atomic E-state index is 0.332. The monoisotopic (exact) mass is 523 g/mol. The van der Waals surface area contributed by atoms with Gasteiger partial charge in [-0.2, -0.15) is 0 Å². The van der Waals surface area contributed by atoms with E-state index in [9.17, 15) is 8.42 Å². The second kappa shape index (κ2) is 9.90. The van der Waals surface area contributed by atoms with Crippen LogP contribution in [0.5, 0.6) is 0 Å². The van der Waals surface area contributed by atoms with E-state index >= 15 is 0 Å². The maximum Gasteiger partial charge on any atom is 0.273 e. The lowest BCUT2D eigenvalue weighted by Crippen LogP contribution is -2.30. The van der Waals surface area contributed by atoms with Gasteiger partial charge in [-0.15, -0.1) is 22.7 Å². The van der Waals surface area contributed by atoms with E-state index in [0.29, 0.717) is 16.4 Å². The van der Waals surface area contributed by atoms with Crippen molar-refractivity contribution in [3.8, 4) is 10.7 Å². The highest BCUT2D eigenvalue weighted by molar-refractivity contribution is 7.94. The number of thiophene rings is 1. The number of H-pyrrole nitrogens is 1. The van der Waals surface area contributed by atoms with Crippen LogP contribution in [0, 0.1) is 0 Å². The summed E-state index contributed by atoms with van der Waals surface area (Å²) in [6, 6.07) is 15.2. The van der Waals surface area contributed by atoms with E-state index in [1.54, 1.807) is 35.0 Å². The summed E-state index contributed by atoms with van der Waals surface area (Å²) in [5, 5.41) is 3.60. The van der Waals surface area contributed by atoms with E-state index < -0.39 is 10.0 Å². The minimum Gasteiger partial charge on any atom is -0.351 e. The van der Waals surface area contributed by atoms with Crippen molar-refractivity contribution in [1.29, 1.82) is 0 Å². The van der Waals surface area contributed by atoms with E-state index in [1.807, 2.05) is 49.6 Å². The molecule has 180 valence electrons. The number of fused-ring (bicyclic) bond motifs is 1. The van der Waals surface area contributed by atoms with Crippen LogP contribution in [0.3, 0.4) is 0 Å². The van der Waals surface area contributed by atoms with E-state index in [4.69, 9.17) is 0 Å². The van der Waals surface area contributed by atoms with Gasteiger partial charge in [0.1, 0.15) is 9.22 Å². The Balaban J connectivity index is 1.41. The summed E-state index contributed by atoms with van der Waals surface area (Å²) < 4.78 is 28.4. The van der Waals surface area contributed by atoms with Crippen LogP contribution < -0.4 is 4.31 Å². The van der Waals surface area contributed by atoms with E-state index in [0.717, 1.165) is 39.6 Å². The molecule has 7 nitrogen and oxygen atoms in total. The number of hydrogen-bond acceptors (Lipinski definition) is 7. The van der Waals surface area contributed by atoms with E-state index in [1.165, 1.54) is 21.2 Å². The van der Waals surface area contributed by atoms with Crippen LogP contribution in [-0.2, 0) is 23.1 Å². The Kier molecular flexibility index (Phi) is 6.70. The first-order valence-electron chi connectivity index (χ1n) is 11.2. The molecule has 4 heterocycles. The van der Waals surface area contributed by atoms with E-state index in [-0.39, 0.29) is 0 Å². The topological polar surface area (TPSA) is 82.2 Å². The Hall–Kier alpha value is -3.05. The van der Waals surface area contributed by atoms with Crippen molar-refractivity contribution in [2.24, 2.45) is 0 Å². The second-order valence-electron chi connectivity index (χ2n) is 8.19. The Bertz CT molecular complexity index is 1530. The first-order chi connectivity index (χ1) is 17.0. The van der Waals surface area contributed by atoms with Crippen molar-refractivity contribution in [2.75, 3.05) is 17.9 Å². The molecule has 0 aliphatic heterocycles. The first kappa shape index (κ1) is 23.7. The van der Waals surface area contributed by atoms with Gasteiger partial charge in [0.15, 0.2) is 0 Å². The Morgan fingerprint density at radius 3 is 2.69 bits per heavy atom. The molecule has 0 atom stereocenters. The van der Waals surface area contributed by atoms with Gasteiger partial charge in [0.05, 0.1) is 16.9 Å². The maximum absolute atomic E-state index is 13.3. The molecule has 0 aliphatic rings. The summed E-state index contributed by atoms with van der Waals surface area (Å²) in [7, 11) is -1.56. The summed E-state index contributed by atoms with van der Waals surface area (Å²) in [5.74, 6) is 0. The zero-order chi connectivity index (χ0) is 24.4. The zero-order valence-corrected chi connectivity index (χ0v) is 21.8. The van der Waals surface area contributed by atoms with Gasteiger partial charge in [0.25, 0.3) is 10.0 Å².